The summed E-state index contributed by atoms with van der Waals surface area (Å²) in [5.41, 5.74) is 9.02. The van der Waals surface area contributed by atoms with Gasteiger partial charge in [-0.1, -0.05) is 110 Å². The van der Waals surface area contributed by atoms with E-state index in [1.807, 2.05) is 22.7 Å². The van der Waals surface area contributed by atoms with Gasteiger partial charge in [0, 0.05) is 20.2 Å². The maximum Gasteiger partial charge on any atom is 0.0542 e. The molecule has 0 atom stereocenters. The first-order valence-electron chi connectivity index (χ1n) is 12.4. The van der Waals surface area contributed by atoms with E-state index in [1.165, 1.54) is 68.5 Å². The molecule has 2 aromatic heterocycles. The molecule has 0 N–H and O–H groups in total. The van der Waals surface area contributed by atoms with Crippen LogP contribution >= 0.6 is 22.7 Å². The van der Waals surface area contributed by atoms with Crippen LogP contribution in [0.2, 0.25) is 0 Å². The summed E-state index contributed by atoms with van der Waals surface area (Å²) in [6, 6.07) is 42.4. The highest BCUT2D eigenvalue weighted by molar-refractivity contribution is 7.36. The first-order chi connectivity index (χ1) is 17.8. The summed E-state index contributed by atoms with van der Waals surface area (Å²) in [6.07, 6.45) is 1.08. The van der Waals surface area contributed by atoms with Gasteiger partial charge in [-0.25, -0.2) is 0 Å². The standard InChI is InChI=1S/C34H24S2/c1-2-22-8-10-25(11-9-22)27-16-18-29-31(20-27)35-34-30-19-17-28(21-32(30)36-33(29)34)26-14-12-24(13-15-26)23-6-4-3-5-7-23/h3-21H,2H2,1H3. The van der Waals surface area contributed by atoms with Gasteiger partial charge < -0.3 is 0 Å². The summed E-state index contributed by atoms with van der Waals surface area (Å²) in [7, 11) is 0. The van der Waals surface area contributed by atoms with Crippen molar-refractivity contribution in [2.24, 2.45) is 0 Å². The normalized spacial score (nSPS) is 11.6. The molecule has 0 aliphatic rings. The topological polar surface area (TPSA) is 0 Å². The Morgan fingerprint density at radius 2 is 0.861 bits per heavy atom. The summed E-state index contributed by atoms with van der Waals surface area (Å²) in [4.78, 5) is 0. The molecular weight excluding hydrogens is 473 g/mol. The summed E-state index contributed by atoms with van der Waals surface area (Å²) < 4.78 is 5.56. The number of benzene rings is 5. The van der Waals surface area contributed by atoms with Gasteiger partial charge in [-0.05, 0) is 57.5 Å². The monoisotopic (exact) mass is 496 g/mol. The van der Waals surface area contributed by atoms with E-state index in [0.717, 1.165) is 6.42 Å². The highest BCUT2D eigenvalue weighted by atomic mass is 32.1. The maximum atomic E-state index is 2.36. The molecule has 0 nitrogen and oxygen atoms in total. The minimum atomic E-state index is 1.08. The molecule has 7 aromatic rings. The van der Waals surface area contributed by atoms with Crippen LogP contribution in [0, 0.1) is 0 Å². The van der Waals surface area contributed by atoms with Crippen molar-refractivity contribution in [3.8, 4) is 33.4 Å². The molecule has 0 fully saturated rings. The Morgan fingerprint density at radius 3 is 1.36 bits per heavy atom. The van der Waals surface area contributed by atoms with E-state index in [4.69, 9.17) is 0 Å². The van der Waals surface area contributed by atoms with Crippen molar-refractivity contribution >= 4 is 52.2 Å². The minimum absolute atomic E-state index is 1.08. The molecule has 2 heteroatoms. The van der Waals surface area contributed by atoms with E-state index in [1.54, 1.807) is 0 Å². The van der Waals surface area contributed by atoms with Gasteiger partial charge in [-0.3, -0.25) is 0 Å². The number of rotatable bonds is 4. The summed E-state index contributed by atoms with van der Waals surface area (Å²) in [6.45, 7) is 2.20. The summed E-state index contributed by atoms with van der Waals surface area (Å²) in [5, 5.41) is 2.74. The van der Waals surface area contributed by atoms with Gasteiger partial charge in [-0.2, -0.15) is 0 Å². The average molecular weight is 497 g/mol. The van der Waals surface area contributed by atoms with E-state index in [-0.39, 0.29) is 0 Å². The van der Waals surface area contributed by atoms with Crippen LogP contribution in [0.3, 0.4) is 0 Å². The van der Waals surface area contributed by atoms with Crippen LogP contribution in [0.15, 0.2) is 115 Å². The zero-order valence-electron chi connectivity index (χ0n) is 20.0. The molecule has 0 spiro atoms. The quantitative estimate of drug-likeness (QED) is 0.227. The molecule has 0 saturated carbocycles. The molecule has 0 amide bonds. The van der Waals surface area contributed by atoms with E-state index in [0.29, 0.717) is 0 Å². The van der Waals surface area contributed by atoms with Crippen molar-refractivity contribution in [2.75, 3.05) is 0 Å². The lowest BCUT2D eigenvalue weighted by atomic mass is 10.00. The second-order valence-electron chi connectivity index (χ2n) is 9.28. The third-order valence-electron chi connectivity index (χ3n) is 7.10. The van der Waals surface area contributed by atoms with Crippen molar-refractivity contribution in [3.05, 3.63) is 121 Å². The average Bonchev–Trinajstić information content (AvgIpc) is 3.48. The third kappa shape index (κ3) is 3.65. The molecule has 0 bridgehead atoms. The predicted octanol–water partition coefficient (Wildman–Crippen LogP) is 10.8. The zero-order chi connectivity index (χ0) is 24.1. The molecule has 2 heterocycles. The molecular formula is C34H24S2. The highest BCUT2D eigenvalue weighted by Gasteiger charge is 2.14. The van der Waals surface area contributed by atoms with Gasteiger partial charge in [0.2, 0.25) is 0 Å². The van der Waals surface area contributed by atoms with E-state index in [2.05, 4.69) is 122 Å². The van der Waals surface area contributed by atoms with Crippen LogP contribution in [-0.2, 0) is 6.42 Å². The smallest absolute Gasteiger partial charge is 0.0542 e. The van der Waals surface area contributed by atoms with Crippen molar-refractivity contribution < 1.29 is 0 Å². The van der Waals surface area contributed by atoms with Gasteiger partial charge in [-0.15, -0.1) is 22.7 Å². The Hall–Kier alpha value is -3.72. The lowest BCUT2D eigenvalue weighted by molar-refractivity contribution is 1.14. The second-order valence-corrected chi connectivity index (χ2v) is 11.4. The number of aryl methyl sites for hydroxylation is 1. The van der Waals surface area contributed by atoms with Crippen molar-refractivity contribution in [3.63, 3.8) is 0 Å². The Morgan fingerprint density at radius 1 is 0.444 bits per heavy atom. The molecule has 0 radical (unpaired) electrons. The largest absolute Gasteiger partial charge is 0.134 e. The molecule has 5 aromatic carbocycles. The summed E-state index contributed by atoms with van der Waals surface area (Å²) in [5.74, 6) is 0. The SMILES string of the molecule is CCc1ccc(-c2ccc3c(c2)sc2c4ccc(-c5ccc(-c6ccccc6)cc5)cc4sc32)cc1. The van der Waals surface area contributed by atoms with E-state index < -0.39 is 0 Å². The van der Waals surface area contributed by atoms with Gasteiger partial charge in [0.1, 0.15) is 0 Å². The third-order valence-corrected chi connectivity index (χ3v) is 9.60. The molecule has 0 saturated heterocycles. The Kier molecular flexibility index (Phi) is 5.23. The lowest BCUT2D eigenvalue weighted by Crippen LogP contribution is -1.81. The molecule has 7 rings (SSSR count). The first kappa shape index (κ1) is 21.6. The fraction of sp³-hybridized carbons (Fsp3) is 0.0588. The molecule has 36 heavy (non-hydrogen) atoms. The van der Waals surface area contributed by atoms with Crippen LogP contribution in [0.1, 0.15) is 12.5 Å². The van der Waals surface area contributed by atoms with E-state index >= 15 is 0 Å². The number of thiophene rings is 2. The molecule has 172 valence electrons. The second kappa shape index (κ2) is 8.74. The van der Waals surface area contributed by atoms with Crippen LogP contribution < -0.4 is 0 Å². The van der Waals surface area contributed by atoms with Crippen molar-refractivity contribution in [2.45, 2.75) is 13.3 Å². The zero-order valence-corrected chi connectivity index (χ0v) is 21.6. The molecule has 0 unspecified atom stereocenters. The number of fused-ring (bicyclic) bond motifs is 5. The summed E-state index contributed by atoms with van der Waals surface area (Å²) >= 11 is 3.85. The van der Waals surface area contributed by atoms with Crippen molar-refractivity contribution in [1.29, 1.82) is 0 Å². The van der Waals surface area contributed by atoms with E-state index in [9.17, 15) is 0 Å². The van der Waals surface area contributed by atoms with Gasteiger partial charge in [0.15, 0.2) is 0 Å². The number of hydrogen-bond donors (Lipinski definition) is 0. The highest BCUT2D eigenvalue weighted by Crippen LogP contribution is 2.46. The lowest BCUT2D eigenvalue weighted by Gasteiger charge is -2.05. The van der Waals surface area contributed by atoms with Gasteiger partial charge in [0.25, 0.3) is 0 Å². The predicted molar refractivity (Wildman–Crippen MR) is 160 cm³/mol. The molecule has 0 aliphatic carbocycles. The first-order valence-corrected chi connectivity index (χ1v) is 14.0. The molecule has 0 aliphatic heterocycles. The Labute approximate surface area is 219 Å². The Bertz CT molecular complexity index is 1830. The Balaban J connectivity index is 1.25. The fourth-order valence-corrected chi connectivity index (χ4v) is 7.77. The van der Waals surface area contributed by atoms with Crippen LogP contribution in [0.4, 0.5) is 0 Å². The number of hydrogen-bond acceptors (Lipinski definition) is 2. The maximum absolute atomic E-state index is 2.36. The minimum Gasteiger partial charge on any atom is -0.134 e. The fourth-order valence-electron chi connectivity index (χ4n) is 5.03. The van der Waals surface area contributed by atoms with Gasteiger partial charge >= 0.3 is 0 Å². The van der Waals surface area contributed by atoms with Crippen molar-refractivity contribution in [1.82, 2.24) is 0 Å². The van der Waals surface area contributed by atoms with Crippen LogP contribution in [-0.4, -0.2) is 0 Å². The van der Waals surface area contributed by atoms with Crippen LogP contribution in [0.25, 0.3) is 63.0 Å². The van der Waals surface area contributed by atoms with Crippen LogP contribution in [0.5, 0.6) is 0 Å². The van der Waals surface area contributed by atoms with Gasteiger partial charge in [0.05, 0.1) is 9.40 Å².